The SMILES string of the molecule is CC(N)C1CCN(CCC2CCCC2)C1.Cl. The number of nitrogens with two attached hydrogens (primary N) is 1. The first-order valence-corrected chi connectivity index (χ1v) is 6.73. The van der Waals surface area contributed by atoms with Crippen LogP contribution in [-0.2, 0) is 0 Å². The van der Waals surface area contributed by atoms with E-state index in [9.17, 15) is 0 Å². The fraction of sp³-hybridized carbons (Fsp3) is 1.00. The lowest BCUT2D eigenvalue weighted by Crippen LogP contribution is -2.30. The second-order valence-electron chi connectivity index (χ2n) is 5.65. The van der Waals surface area contributed by atoms with Gasteiger partial charge in [0.25, 0.3) is 0 Å². The average molecular weight is 247 g/mol. The Bertz CT molecular complexity index is 190. The van der Waals surface area contributed by atoms with E-state index >= 15 is 0 Å². The second kappa shape index (κ2) is 6.83. The third-order valence-corrected chi connectivity index (χ3v) is 4.38. The van der Waals surface area contributed by atoms with Crippen LogP contribution < -0.4 is 5.73 Å². The van der Waals surface area contributed by atoms with E-state index in [1.807, 2.05) is 0 Å². The monoisotopic (exact) mass is 246 g/mol. The predicted molar refractivity (Wildman–Crippen MR) is 72.0 cm³/mol. The molecule has 2 rings (SSSR count). The molecule has 1 saturated heterocycles. The molecule has 0 aromatic carbocycles. The van der Waals surface area contributed by atoms with Crippen LogP contribution in [0.2, 0.25) is 0 Å². The minimum Gasteiger partial charge on any atom is -0.328 e. The second-order valence-corrected chi connectivity index (χ2v) is 5.65. The van der Waals surface area contributed by atoms with Crippen LogP contribution in [0.15, 0.2) is 0 Å². The maximum atomic E-state index is 5.95. The van der Waals surface area contributed by atoms with Gasteiger partial charge in [-0.05, 0) is 44.7 Å². The first kappa shape index (κ1) is 14.3. The van der Waals surface area contributed by atoms with Crippen molar-refractivity contribution in [3.05, 3.63) is 0 Å². The highest BCUT2D eigenvalue weighted by molar-refractivity contribution is 5.85. The van der Waals surface area contributed by atoms with Gasteiger partial charge in [-0.1, -0.05) is 25.7 Å². The first-order valence-electron chi connectivity index (χ1n) is 6.73. The molecule has 2 atom stereocenters. The molecule has 2 nitrogen and oxygen atoms in total. The van der Waals surface area contributed by atoms with Gasteiger partial charge in [-0.2, -0.15) is 0 Å². The summed E-state index contributed by atoms with van der Waals surface area (Å²) in [5, 5.41) is 0. The van der Waals surface area contributed by atoms with Crippen LogP contribution in [0.1, 0.15) is 45.4 Å². The Morgan fingerprint density at radius 1 is 1.25 bits per heavy atom. The van der Waals surface area contributed by atoms with Crippen molar-refractivity contribution in [3.8, 4) is 0 Å². The molecule has 0 aromatic heterocycles. The quantitative estimate of drug-likeness (QED) is 0.827. The lowest BCUT2D eigenvalue weighted by molar-refractivity contribution is 0.287. The largest absolute Gasteiger partial charge is 0.328 e. The standard InChI is InChI=1S/C13H26N2.ClH/c1-11(14)13-7-9-15(10-13)8-6-12-4-2-3-5-12;/h11-13H,2-10,14H2,1H3;1H. The zero-order valence-electron chi connectivity index (χ0n) is 10.5. The van der Waals surface area contributed by atoms with Gasteiger partial charge in [-0.25, -0.2) is 0 Å². The van der Waals surface area contributed by atoms with Crippen LogP contribution in [0.25, 0.3) is 0 Å². The van der Waals surface area contributed by atoms with Gasteiger partial charge in [0.15, 0.2) is 0 Å². The van der Waals surface area contributed by atoms with Crippen molar-refractivity contribution < 1.29 is 0 Å². The molecule has 3 heteroatoms. The summed E-state index contributed by atoms with van der Waals surface area (Å²) in [6.45, 7) is 6.03. The molecular formula is C13H27ClN2. The zero-order chi connectivity index (χ0) is 10.7. The summed E-state index contributed by atoms with van der Waals surface area (Å²) in [6.07, 6.45) is 8.70. The number of hydrogen-bond donors (Lipinski definition) is 1. The molecule has 0 radical (unpaired) electrons. The first-order chi connectivity index (χ1) is 7.25. The van der Waals surface area contributed by atoms with Crippen LogP contribution in [0.5, 0.6) is 0 Å². The lowest BCUT2D eigenvalue weighted by atomic mass is 10.0. The number of nitrogens with zero attached hydrogens (tertiary/aromatic N) is 1. The van der Waals surface area contributed by atoms with E-state index in [4.69, 9.17) is 5.73 Å². The summed E-state index contributed by atoms with van der Waals surface area (Å²) >= 11 is 0. The van der Waals surface area contributed by atoms with Crippen molar-refractivity contribution in [2.24, 2.45) is 17.6 Å². The number of rotatable bonds is 4. The maximum Gasteiger partial charge on any atom is 0.00514 e. The fourth-order valence-electron chi connectivity index (χ4n) is 3.16. The van der Waals surface area contributed by atoms with Gasteiger partial charge in [0.1, 0.15) is 0 Å². The smallest absolute Gasteiger partial charge is 0.00514 e. The van der Waals surface area contributed by atoms with Gasteiger partial charge in [0.2, 0.25) is 0 Å². The molecule has 2 N–H and O–H groups in total. The molecule has 0 amide bonds. The van der Waals surface area contributed by atoms with Gasteiger partial charge >= 0.3 is 0 Å². The Kier molecular flexibility index (Phi) is 6.09. The van der Waals surface area contributed by atoms with Crippen LogP contribution in [-0.4, -0.2) is 30.6 Å². The van der Waals surface area contributed by atoms with Crippen molar-refractivity contribution >= 4 is 12.4 Å². The summed E-state index contributed by atoms with van der Waals surface area (Å²) in [6, 6.07) is 0.390. The fourth-order valence-corrected chi connectivity index (χ4v) is 3.16. The van der Waals surface area contributed by atoms with Crippen molar-refractivity contribution in [3.63, 3.8) is 0 Å². The molecule has 1 heterocycles. The van der Waals surface area contributed by atoms with E-state index in [0.717, 1.165) is 11.8 Å². The molecule has 1 aliphatic carbocycles. The lowest BCUT2D eigenvalue weighted by Gasteiger charge is -2.19. The van der Waals surface area contributed by atoms with Crippen molar-refractivity contribution in [2.45, 2.75) is 51.5 Å². The minimum absolute atomic E-state index is 0. The van der Waals surface area contributed by atoms with E-state index < -0.39 is 0 Å². The van der Waals surface area contributed by atoms with Crippen LogP contribution in [0, 0.1) is 11.8 Å². The molecule has 2 fully saturated rings. The normalized spacial score (nSPS) is 29.2. The molecule has 1 saturated carbocycles. The summed E-state index contributed by atoms with van der Waals surface area (Å²) in [5.41, 5.74) is 5.95. The van der Waals surface area contributed by atoms with Crippen LogP contribution in [0.3, 0.4) is 0 Å². The average Bonchev–Trinajstić information content (AvgIpc) is 2.86. The number of hydrogen-bond acceptors (Lipinski definition) is 2. The Morgan fingerprint density at radius 3 is 2.50 bits per heavy atom. The topological polar surface area (TPSA) is 29.3 Å². The Hall–Kier alpha value is 0.210. The van der Waals surface area contributed by atoms with Crippen molar-refractivity contribution in [1.82, 2.24) is 4.90 Å². The third-order valence-electron chi connectivity index (χ3n) is 4.38. The summed E-state index contributed by atoms with van der Waals surface area (Å²) in [4.78, 5) is 2.63. The summed E-state index contributed by atoms with van der Waals surface area (Å²) in [7, 11) is 0. The Balaban J connectivity index is 0.00000128. The van der Waals surface area contributed by atoms with E-state index in [2.05, 4.69) is 11.8 Å². The Morgan fingerprint density at radius 2 is 1.94 bits per heavy atom. The molecule has 16 heavy (non-hydrogen) atoms. The van der Waals surface area contributed by atoms with Crippen molar-refractivity contribution in [1.29, 1.82) is 0 Å². The third kappa shape index (κ3) is 3.90. The molecular weight excluding hydrogens is 220 g/mol. The van der Waals surface area contributed by atoms with E-state index in [0.29, 0.717) is 6.04 Å². The maximum absolute atomic E-state index is 5.95. The number of halogens is 1. The predicted octanol–water partition coefficient (Wildman–Crippen LogP) is 2.66. The molecule has 1 aliphatic heterocycles. The highest BCUT2D eigenvalue weighted by Crippen LogP contribution is 2.28. The van der Waals surface area contributed by atoms with Gasteiger partial charge in [-0.3, -0.25) is 0 Å². The van der Waals surface area contributed by atoms with Gasteiger partial charge in [-0.15, -0.1) is 12.4 Å². The summed E-state index contributed by atoms with van der Waals surface area (Å²) < 4.78 is 0. The van der Waals surface area contributed by atoms with Crippen molar-refractivity contribution in [2.75, 3.05) is 19.6 Å². The summed E-state index contributed by atoms with van der Waals surface area (Å²) in [5.74, 6) is 1.80. The van der Waals surface area contributed by atoms with E-state index in [-0.39, 0.29) is 12.4 Å². The highest BCUT2D eigenvalue weighted by Gasteiger charge is 2.25. The molecule has 2 aliphatic rings. The number of likely N-dealkylation sites (tertiary alicyclic amines) is 1. The molecule has 0 spiro atoms. The highest BCUT2D eigenvalue weighted by atomic mass is 35.5. The van der Waals surface area contributed by atoms with Crippen LogP contribution >= 0.6 is 12.4 Å². The minimum atomic E-state index is 0. The van der Waals surface area contributed by atoms with E-state index in [1.165, 1.54) is 58.2 Å². The molecule has 96 valence electrons. The van der Waals surface area contributed by atoms with Gasteiger partial charge in [0, 0.05) is 12.6 Å². The van der Waals surface area contributed by atoms with Gasteiger partial charge < -0.3 is 10.6 Å². The molecule has 2 unspecified atom stereocenters. The van der Waals surface area contributed by atoms with Crippen LogP contribution in [0.4, 0.5) is 0 Å². The molecule has 0 bridgehead atoms. The molecule has 0 aromatic rings. The zero-order valence-corrected chi connectivity index (χ0v) is 11.3. The van der Waals surface area contributed by atoms with Gasteiger partial charge in [0.05, 0.1) is 0 Å². The van der Waals surface area contributed by atoms with E-state index in [1.54, 1.807) is 0 Å². The Labute approximate surface area is 106 Å².